The Bertz CT molecular complexity index is 1270. The lowest BCUT2D eigenvalue weighted by atomic mass is 9.79. The Morgan fingerprint density at radius 2 is 2.08 bits per heavy atom. The van der Waals surface area contributed by atoms with Gasteiger partial charge in [0.2, 0.25) is 11.9 Å². The number of rotatable bonds is 7. The lowest BCUT2D eigenvalue weighted by Crippen LogP contribution is -2.50. The van der Waals surface area contributed by atoms with Crippen LogP contribution in [0.4, 0.5) is 5.95 Å². The second kappa shape index (κ2) is 11.1. The van der Waals surface area contributed by atoms with Crippen LogP contribution >= 0.6 is 0 Å². The summed E-state index contributed by atoms with van der Waals surface area (Å²) in [4.78, 5) is 27.8. The first-order chi connectivity index (χ1) is 18.3. The summed E-state index contributed by atoms with van der Waals surface area (Å²) < 4.78 is 7.74. The number of nitrogens with one attached hydrogen (secondary N) is 1. The minimum Gasteiger partial charge on any atom is -0.491 e. The van der Waals surface area contributed by atoms with E-state index in [1.165, 1.54) is 5.56 Å². The lowest BCUT2D eigenvalue weighted by Gasteiger charge is -2.42. The second-order valence-electron chi connectivity index (χ2n) is 11.0. The van der Waals surface area contributed by atoms with E-state index in [2.05, 4.69) is 46.4 Å². The summed E-state index contributed by atoms with van der Waals surface area (Å²) in [5, 5.41) is 7.68. The molecule has 0 radical (unpaired) electrons. The molecule has 4 heterocycles. The van der Waals surface area contributed by atoms with Gasteiger partial charge >= 0.3 is 0 Å². The third-order valence-corrected chi connectivity index (χ3v) is 7.59. The number of amides is 1. The summed E-state index contributed by atoms with van der Waals surface area (Å²) in [6.45, 7) is 9.02. The summed E-state index contributed by atoms with van der Waals surface area (Å²) in [5.74, 6) is 1.69. The minimum absolute atomic E-state index is 0.0758. The van der Waals surface area contributed by atoms with Crippen molar-refractivity contribution in [1.82, 2.24) is 29.5 Å². The largest absolute Gasteiger partial charge is 0.491 e. The smallest absolute Gasteiger partial charge is 0.227 e. The molecule has 0 unspecified atom stereocenters. The van der Waals surface area contributed by atoms with E-state index in [9.17, 15) is 4.79 Å². The number of hydrogen-bond donors (Lipinski definition) is 1. The summed E-state index contributed by atoms with van der Waals surface area (Å²) in [6, 6.07) is 10.4. The molecule has 202 valence electrons. The first kappa shape index (κ1) is 26.2. The van der Waals surface area contributed by atoms with Crippen molar-refractivity contribution in [3.05, 3.63) is 65.2 Å². The second-order valence-corrected chi connectivity index (χ2v) is 11.0. The van der Waals surface area contributed by atoms with Gasteiger partial charge in [0.1, 0.15) is 5.75 Å². The Kier molecular flexibility index (Phi) is 7.65. The van der Waals surface area contributed by atoms with Crippen molar-refractivity contribution >= 4 is 11.9 Å². The van der Waals surface area contributed by atoms with Crippen molar-refractivity contribution in [2.45, 2.75) is 64.8 Å². The number of piperidine rings is 1. The van der Waals surface area contributed by atoms with Crippen LogP contribution in [0.2, 0.25) is 0 Å². The monoisotopic (exact) mass is 517 g/mol. The molecule has 2 aliphatic rings. The van der Waals surface area contributed by atoms with Gasteiger partial charge in [0, 0.05) is 43.9 Å². The molecule has 1 N–H and O–H groups in total. The van der Waals surface area contributed by atoms with Gasteiger partial charge in [0.05, 0.1) is 30.6 Å². The van der Waals surface area contributed by atoms with E-state index in [0.29, 0.717) is 19.0 Å². The van der Waals surface area contributed by atoms with Crippen molar-refractivity contribution in [1.29, 1.82) is 0 Å². The molecule has 9 heteroatoms. The number of benzene rings is 1. The number of ether oxygens (including phenoxy) is 1. The van der Waals surface area contributed by atoms with Gasteiger partial charge in [-0.1, -0.05) is 12.1 Å². The van der Waals surface area contributed by atoms with Crippen LogP contribution in [-0.2, 0) is 31.4 Å². The molecule has 1 amide bonds. The number of nitrogens with zero attached hydrogens (tertiary/aromatic N) is 6. The maximum Gasteiger partial charge on any atom is 0.227 e. The molecular formula is C29H39N7O2. The zero-order chi connectivity index (χ0) is 26.8. The summed E-state index contributed by atoms with van der Waals surface area (Å²) in [5.41, 5.74) is 4.13. The number of fused-ring (bicyclic) bond motifs is 1. The fourth-order valence-corrected chi connectivity index (χ4v) is 5.65. The van der Waals surface area contributed by atoms with Crippen LogP contribution in [0.1, 0.15) is 55.6 Å². The standard InChI is InChI=1S/C29H39N7O2/c1-19(2)38-24-8-6-7-21(14-24)26-17-34(4)11-10-25(26)28(37)36-18-27-22(13-20(36)3)15-30-29(32-27)31-16-23-9-12-35(5)33-23/h6-9,12,14-15,19-20,25-26H,10-11,13,16-18H2,1-5H3,(H,30,31,32)/t20-,25+,26-/m1/s1. The van der Waals surface area contributed by atoms with E-state index in [0.717, 1.165) is 48.6 Å². The molecule has 0 saturated carbocycles. The number of likely N-dealkylation sites (tertiary alicyclic amines) is 1. The van der Waals surface area contributed by atoms with Crippen molar-refractivity contribution in [3.63, 3.8) is 0 Å². The predicted octanol–water partition coefficient (Wildman–Crippen LogP) is 3.62. The highest BCUT2D eigenvalue weighted by Crippen LogP contribution is 2.36. The van der Waals surface area contributed by atoms with Gasteiger partial charge in [-0.25, -0.2) is 9.97 Å². The zero-order valence-electron chi connectivity index (χ0n) is 23.1. The Morgan fingerprint density at radius 3 is 2.84 bits per heavy atom. The van der Waals surface area contributed by atoms with Crippen LogP contribution in [0.25, 0.3) is 0 Å². The SMILES string of the molecule is CC(C)Oc1cccc([C@H]2CN(C)CC[C@@H]2C(=O)N2Cc3nc(NCc4ccn(C)n4)ncc3C[C@H]2C)c1. The number of hydrogen-bond acceptors (Lipinski definition) is 7. The number of aromatic nitrogens is 4. The van der Waals surface area contributed by atoms with E-state index < -0.39 is 0 Å². The van der Waals surface area contributed by atoms with Gasteiger partial charge < -0.3 is 19.9 Å². The van der Waals surface area contributed by atoms with Crippen LogP contribution in [0, 0.1) is 5.92 Å². The number of carbonyl (C=O) groups is 1. The number of aryl methyl sites for hydroxylation is 1. The molecule has 0 spiro atoms. The fourth-order valence-electron chi connectivity index (χ4n) is 5.65. The van der Waals surface area contributed by atoms with Crippen LogP contribution in [0.5, 0.6) is 5.75 Å². The van der Waals surface area contributed by atoms with Crippen molar-refractivity contribution in [3.8, 4) is 5.75 Å². The maximum atomic E-state index is 14.1. The maximum absolute atomic E-state index is 14.1. The summed E-state index contributed by atoms with van der Waals surface area (Å²) in [6.07, 6.45) is 5.53. The number of anilines is 1. The Balaban J connectivity index is 1.33. The average Bonchev–Trinajstić information content (AvgIpc) is 3.31. The molecular weight excluding hydrogens is 478 g/mol. The number of likely N-dealkylation sites (N-methyl/N-ethyl adjacent to an activating group) is 1. The number of carbonyl (C=O) groups excluding carboxylic acids is 1. The Hall–Kier alpha value is -3.46. The average molecular weight is 518 g/mol. The van der Waals surface area contributed by atoms with Gasteiger partial charge in [-0.15, -0.1) is 0 Å². The summed E-state index contributed by atoms with van der Waals surface area (Å²) >= 11 is 0. The molecule has 0 aliphatic carbocycles. The molecule has 3 aromatic rings. The topological polar surface area (TPSA) is 88.4 Å². The van der Waals surface area contributed by atoms with E-state index in [1.807, 2.05) is 56.4 Å². The molecule has 0 bridgehead atoms. The van der Waals surface area contributed by atoms with Gasteiger partial charge in [0.25, 0.3) is 0 Å². The molecule has 1 aromatic carbocycles. The highest BCUT2D eigenvalue weighted by molar-refractivity contribution is 5.81. The molecule has 9 nitrogen and oxygen atoms in total. The van der Waals surface area contributed by atoms with E-state index in [-0.39, 0.29) is 29.9 Å². The highest BCUT2D eigenvalue weighted by atomic mass is 16.5. The zero-order valence-corrected chi connectivity index (χ0v) is 23.1. The minimum atomic E-state index is -0.0758. The van der Waals surface area contributed by atoms with E-state index in [4.69, 9.17) is 9.72 Å². The third kappa shape index (κ3) is 5.83. The normalized spacial score (nSPS) is 21.8. The van der Waals surface area contributed by atoms with Crippen LogP contribution in [0.15, 0.2) is 42.7 Å². The molecule has 2 aromatic heterocycles. The van der Waals surface area contributed by atoms with Crippen LogP contribution in [-0.4, -0.2) is 67.7 Å². The molecule has 38 heavy (non-hydrogen) atoms. The van der Waals surface area contributed by atoms with Crippen molar-refractivity contribution < 1.29 is 9.53 Å². The van der Waals surface area contributed by atoms with Crippen LogP contribution in [0.3, 0.4) is 0 Å². The van der Waals surface area contributed by atoms with Crippen LogP contribution < -0.4 is 10.1 Å². The Morgan fingerprint density at radius 1 is 1.24 bits per heavy atom. The van der Waals surface area contributed by atoms with Gasteiger partial charge in [-0.3, -0.25) is 9.48 Å². The lowest BCUT2D eigenvalue weighted by molar-refractivity contribution is -0.141. The third-order valence-electron chi connectivity index (χ3n) is 7.59. The molecule has 2 aliphatic heterocycles. The van der Waals surface area contributed by atoms with Crippen molar-refractivity contribution in [2.24, 2.45) is 13.0 Å². The van der Waals surface area contributed by atoms with Gasteiger partial charge in [0.15, 0.2) is 0 Å². The van der Waals surface area contributed by atoms with Gasteiger partial charge in [-0.2, -0.15) is 5.10 Å². The molecule has 3 atom stereocenters. The highest BCUT2D eigenvalue weighted by Gasteiger charge is 2.39. The first-order valence-corrected chi connectivity index (χ1v) is 13.6. The fraction of sp³-hybridized carbons (Fsp3) is 0.517. The van der Waals surface area contributed by atoms with Crippen molar-refractivity contribution in [2.75, 3.05) is 25.5 Å². The molecule has 5 rings (SSSR count). The Labute approximate surface area is 225 Å². The quantitative estimate of drug-likeness (QED) is 0.512. The predicted molar refractivity (Wildman–Crippen MR) is 147 cm³/mol. The van der Waals surface area contributed by atoms with E-state index in [1.54, 1.807) is 4.68 Å². The summed E-state index contributed by atoms with van der Waals surface area (Å²) in [7, 11) is 4.04. The van der Waals surface area contributed by atoms with Gasteiger partial charge in [-0.05, 0) is 76.5 Å². The van der Waals surface area contributed by atoms with E-state index >= 15 is 0 Å². The first-order valence-electron chi connectivity index (χ1n) is 13.6. The molecule has 1 saturated heterocycles. The molecule has 1 fully saturated rings.